The van der Waals surface area contributed by atoms with Gasteiger partial charge < -0.3 is 10.6 Å². The Morgan fingerprint density at radius 2 is 2.17 bits per heavy atom. The van der Waals surface area contributed by atoms with Crippen molar-refractivity contribution in [2.75, 3.05) is 17.2 Å². The molecular formula is C19H26N4O. The molecule has 0 atom stereocenters. The molecule has 0 saturated heterocycles. The lowest BCUT2D eigenvalue weighted by atomic mass is 9.99. The predicted molar refractivity (Wildman–Crippen MR) is 97.8 cm³/mol. The molecule has 2 N–H and O–H groups in total. The van der Waals surface area contributed by atoms with Crippen molar-refractivity contribution in [1.29, 1.82) is 0 Å². The van der Waals surface area contributed by atoms with Crippen molar-refractivity contribution in [2.45, 2.75) is 52.5 Å². The third-order valence-corrected chi connectivity index (χ3v) is 4.71. The van der Waals surface area contributed by atoms with Gasteiger partial charge in [-0.3, -0.25) is 4.79 Å². The Morgan fingerprint density at radius 1 is 1.38 bits per heavy atom. The summed E-state index contributed by atoms with van der Waals surface area (Å²) in [5.74, 6) is 0.702. The molecule has 0 radical (unpaired) electrons. The Hall–Kier alpha value is -2.30. The van der Waals surface area contributed by atoms with E-state index in [4.69, 9.17) is 0 Å². The molecule has 1 aromatic carbocycles. The lowest BCUT2D eigenvalue weighted by Gasteiger charge is -2.21. The Kier molecular flexibility index (Phi) is 4.88. The molecule has 24 heavy (non-hydrogen) atoms. The molecule has 2 aromatic rings. The van der Waals surface area contributed by atoms with Crippen LogP contribution in [0.3, 0.4) is 0 Å². The monoisotopic (exact) mass is 326 g/mol. The van der Waals surface area contributed by atoms with Crippen molar-refractivity contribution < 1.29 is 4.79 Å². The van der Waals surface area contributed by atoms with E-state index in [0.717, 1.165) is 49.4 Å². The number of para-hydroxylation sites is 1. The van der Waals surface area contributed by atoms with Crippen LogP contribution >= 0.6 is 0 Å². The highest BCUT2D eigenvalue weighted by atomic mass is 16.1. The fourth-order valence-electron chi connectivity index (χ4n) is 3.41. The van der Waals surface area contributed by atoms with Gasteiger partial charge in [-0.05, 0) is 44.2 Å². The predicted octanol–water partition coefficient (Wildman–Crippen LogP) is 4.16. The Morgan fingerprint density at radius 3 is 2.92 bits per heavy atom. The molecule has 5 nitrogen and oxygen atoms in total. The number of anilines is 2. The minimum atomic E-state index is -0.0756. The second-order valence-corrected chi connectivity index (χ2v) is 6.41. The summed E-state index contributed by atoms with van der Waals surface area (Å²) >= 11 is 0. The van der Waals surface area contributed by atoms with Crippen LogP contribution in [0.15, 0.2) is 24.3 Å². The number of amides is 1. The minimum Gasteiger partial charge on any atom is -0.384 e. The molecule has 0 unspecified atom stereocenters. The standard InChI is InChI=1S/C19H26N4O/c1-4-15(5-2)23-17(12-13(3)22-23)21-19(24)16-10-6-8-14-9-7-11-20-18(14)16/h6,8,10,12,15,20H,4-5,7,9,11H2,1-3H3,(H,21,24). The number of benzene rings is 1. The van der Waals surface area contributed by atoms with Gasteiger partial charge >= 0.3 is 0 Å². The highest BCUT2D eigenvalue weighted by Crippen LogP contribution is 2.28. The SMILES string of the molecule is CCC(CC)n1nc(C)cc1NC(=O)c1cccc2c1NCCC2. The van der Waals surface area contributed by atoms with Gasteiger partial charge in [0.2, 0.25) is 0 Å². The highest BCUT2D eigenvalue weighted by molar-refractivity contribution is 6.08. The lowest BCUT2D eigenvalue weighted by molar-refractivity contribution is 0.102. The van der Waals surface area contributed by atoms with Crippen LogP contribution in [0.4, 0.5) is 11.5 Å². The van der Waals surface area contributed by atoms with Crippen LogP contribution < -0.4 is 10.6 Å². The number of hydrogen-bond donors (Lipinski definition) is 2. The molecule has 1 aliphatic heterocycles. The third kappa shape index (κ3) is 3.16. The van der Waals surface area contributed by atoms with Gasteiger partial charge in [0.15, 0.2) is 0 Å². The first kappa shape index (κ1) is 16.6. The van der Waals surface area contributed by atoms with Crippen LogP contribution in [0, 0.1) is 6.92 Å². The van der Waals surface area contributed by atoms with Crippen molar-refractivity contribution in [3.8, 4) is 0 Å². The van der Waals surface area contributed by atoms with Gasteiger partial charge in [0.25, 0.3) is 5.91 Å². The van der Waals surface area contributed by atoms with E-state index in [1.54, 1.807) is 0 Å². The average molecular weight is 326 g/mol. The fraction of sp³-hybridized carbons (Fsp3) is 0.474. The number of fused-ring (bicyclic) bond motifs is 1. The Balaban J connectivity index is 1.89. The topological polar surface area (TPSA) is 59.0 Å². The van der Waals surface area contributed by atoms with Crippen molar-refractivity contribution >= 4 is 17.4 Å². The first-order valence-corrected chi connectivity index (χ1v) is 8.87. The first-order chi connectivity index (χ1) is 11.6. The van der Waals surface area contributed by atoms with Crippen molar-refractivity contribution in [3.63, 3.8) is 0 Å². The zero-order chi connectivity index (χ0) is 17.1. The van der Waals surface area contributed by atoms with E-state index in [9.17, 15) is 4.79 Å². The van der Waals surface area contributed by atoms with E-state index < -0.39 is 0 Å². The maximum absolute atomic E-state index is 12.9. The number of carbonyl (C=O) groups is 1. The highest BCUT2D eigenvalue weighted by Gasteiger charge is 2.20. The molecule has 1 aliphatic rings. The molecule has 3 rings (SSSR count). The molecule has 5 heteroatoms. The molecule has 1 aromatic heterocycles. The number of carbonyl (C=O) groups excluding carboxylic acids is 1. The van der Waals surface area contributed by atoms with Crippen molar-refractivity contribution in [1.82, 2.24) is 9.78 Å². The van der Waals surface area contributed by atoms with Gasteiger partial charge in [-0.1, -0.05) is 26.0 Å². The van der Waals surface area contributed by atoms with Gasteiger partial charge in [0.05, 0.1) is 23.0 Å². The van der Waals surface area contributed by atoms with E-state index in [0.29, 0.717) is 11.6 Å². The number of nitrogens with one attached hydrogen (secondary N) is 2. The van der Waals surface area contributed by atoms with Crippen LogP contribution in [0.25, 0.3) is 0 Å². The molecule has 0 saturated carbocycles. The second-order valence-electron chi connectivity index (χ2n) is 6.41. The molecule has 2 heterocycles. The first-order valence-electron chi connectivity index (χ1n) is 8.87. The van der Waals surface area contributed by atoms with Crippen LogP contribution in [-0.4, -0.2) is 22.2 Å². The molecule has 128 valence electrons. The van der Waals surface area contributed by atoms with Crippen molar-refractivity contribution in [3.05, 3.63) is 41.1 Å². The molecule has 0 aliphatic carbocycles. The maximum Gasteiger partial charge on any atom is 0.258 e. The summed E-state index contributed by atoms with van der Waals surface area (Å²) in [5.41, 5.74) is 3.83. The summed E-state index contributed by atoms with van der Waals surface area (Å²) in [4.78, 5) is 12.9. The smallest absolute Gasteiger partial charge is 0.258 e. The van der Waals surface area contributed by atoms with Gasteiger partial charge in [-0.25, -0.2) is 4.68 Å². The summed E-state index contributed by atoms with van der Waals surface area (Å²) in [6, 6.07) is 8.19. The van der Waals surface area contributed by atoms with E-state index in [2.05, 4.69) is 35.6 Å². The number of aryl methyl sites for hydroxylation is 2. The Labute approximate surface area is 143 Å². The summed E-state index contributed by atoms with van der Waals surface area (Å²) in [6.07, 6.45) is 4.11. The molecule has 0 bridgehead atoms. The van der Waals surface area contributed by atoms with E-state index in [-0.39, 0.29) is 5.91 Å². The minimum absolute atomic E-state index is 0.0756. The summed E-state index contributed by atoms with van der Waals surface area (Å²) in [6.45, 7) is 7.17. The summed E-state index contributed by atoms with van der Waals surface area (Å²) in [5, 5.41) is 11.0. The third-order valence-electron chi connectivity index (χ3n) is 4.71. The number of aromatic nitrogens is 2. The van der Waals surface area contributed by atoms with E-state index in [1.165, 1.54) is 5.56 Å². The molecular weight excluding hydrogens is 300 g/mol. The number of nitrogens with zero attached hydrogens (tertiary/aromatic N) is 2. The quantitative estimate of drug-likeness (QED) is 0.867. The van der Waals surface area contributed by atoms with Gasteiger partial charge in [0.1, 0.15) is 5.82 Å². The molecule has 0 spiro atoms. The van der Waals surface area contributed by atoms with Crippen LogP contribution in [0.2, 0.25) is 0 Å². The summed E-state index contributed by atoms with van der Waals surface area (Å²) < 4.78 is 1.95. The van der Waals surface area contributed by atoms with E-state index in [1.807, 2.05) is 29.8 Å². The Bertz CT molecular complexity index is 731. The second kappa shape index (κ2) is 7.07. The van der Waals surface area contributed by atoms with Gasteiger partial charge in [-0.2, -0.15) is 5.10 Å². The van der Waals surface area contributed by atoms with Gasteiger partial charge in [-0.15, -0.1) is 0 Å². The average Bonchev–Trinajstić information content (AvgIpc) is 2.95. The van der Waals surface area contributed by atoms with Gasteiger partial charge in [0, 0.05) is 12.6 Å². The zero-order valence-electron chi connectivity index (χ0n) is 14.7. The fourth-order valence-corrected chi connectivity index (χ4v) is 3.41. The largest absolute Gasteiger partial charge is 0.384 e. The molecule has 1 amide bonds. The molecule has 0 fully saturated rings. The van der Waals surface area contributed by atoms with Crippen LogP contribution in [0.5, 0.6) is 0 Å². The number of hydrogen-bond acceptors (Lipinski definition) is 3. The van der Waals surface area contributed by atoms with Crippen molar-refractivity contribution in [2.24, 2.45) is 0 Å². The maximum atomic E-state index is 12.9. The van der Waals surface area contributed by atoms with E-state index >= 15 is 0 Å². The summed E-state index contributed by atoms with van der Waals surface area (Å²) in [7, 11) is 0. The number of rotatable bonds is 5. The lowest BCUT2D eigenvalue weighted by Crippen LogP contribution is -2.21. The normalized spacial score (nSPS) is 13.5. The zero-order valence-corrected chi connectivity index (χ0v) is 14.7. The van der Waals surface area contributed by atoms with Crippen LogP contribution in [-0.2, 0) is 6.42 Å². The van der Waals surface area contributed by atoms with Crippen LogP contribution in [0.1, 0.15) is 60.8 Å².